The van der Waals surface area contributed by atoms with Crippen LogP contribution in [0.15, 0.2) is 51.9 Å². The van der Waals surface area contributed by atoms with Gasteiger partial charge in [0.2, 0.25) is 0 Å². The molecule has 150 valence electrons. The molecule has 1 aromatic heterocycles. The fraction of sp³-hybridized carbons (Fsp3) is 0.429. The number of nitrogens with two attached hydrogens (primary N) is 1. The molecule has 1 saturated heterocycles. The summed E-state index contributed by atoms with van der Waals surface area (Å²) < 4.78 is 11.3. The summed E-state index contributed by atoms with van der Waals surface area (Å²) in [6, 6.07) is 13.5. The Kier molecular flexibility index (Phi) is 7.08. The van der Waals surface area contributed by atoms with Crippen molar-refractivity contribution in [1.82, 2.24) is 10.2 Å². The summed E-state index contributed by atoms with van der Waals surface area (Å²) in [7, 11) is 0. The summed E-state index contributed by atoms with van der Waals surface area (Å²) in [5.41, 5.74) is 6.42. The van der Waals surface area contributed by atoms with Crippen LogP contribution in [0.25, 0.3) is 0 Å². The topological polar surface area (TPSA) is 93.1 Å². The number of benzene rings is 1. The van der Waals surface area contributed by atoms with Gasteiger partial charge >= 0.3 is 0 Å². The molecule has 1 unspecified atom stereocenters. The number of nitrogens with one attached hydrogen (secondary N) is 1. The molecule has 0 aliphatic carbocycles. The van der Waals surface area contributed by atoms with Crippen LogP contribution in [0.4, 0.5) is 0 Å². The number of aliphatic imine (C=N–C) groups is 1. The van der Waals surface area contributed by atoms with Gasteiger partial charge < -0.3 is 25.1 Å². The van der Waals surface area contributed by atoms with Gasteiger partial charge in [-0.2, -0.15) is 0 Å². The van der Waals surface area contributed by atoms with Crippen LogP contribution >= 0.6 is 0 Å². The summed E-state index contributed by atoms with van der Waals surface area (Å²) in [5.74, 6) is 1.54. The van der Waals surface area contributed by atoms with Crippen LogP contribution in [-0.2, 0) is 17.9 Å². The highest BCUT2D eigenvalue weighted by atomic mass is 16.5. The van der Waals surface area contributed by atoms with Crippen LogP contribution < -0.4 is 11.1 Å². The molecule has 28 heavy (non-hydrogen) atoms. The van der Waals surface area contributed by atoms with E-state index in [1.54, 1.807) is 12.1 Å². The van der Waals surface area contributed by atoms with E-state index >= 15 is 0 Å². The lowest BCUT2D eigenvalue weighted by atomic mass is 10.1. The van der Waals surface area contributed by atoms with Crippen molar-refractivity contribution in [1.29, 1.82) is 0 Å². The number of primary amides is 1. The lowest BCUT2D eigenvalue weighted by molar-refractivity contribution is 0.0906. The number of hydrogen-bond acceptors (Lipinski definition) is 4. The molecule has 1 atom stereocenters. The Morgan fingerprint density at radius 1 is 1.32 bits per heavy atom. The second kappa shape index (κ2) is 9.94. The maximum Gasteiger partial charge on any atom is 0.284 e. The number of nitrogens with zero attached hydrogens (tertiary/aromatic N) is 2. The lowest BCUT2D eigenvalue weighted by Crippen LogP contribution is -2.40. The van der Waals surface area contributed by atoms with Gasteiger partial charge in [-0.25, -0.2) is 4.99 Å². The summed E-state index contributed by atoms with van der Waals surface area (Å²) in [6.07, 6.45) is 1.08. The van der Waals surface area contributed by atoms with E-state index in [1.807, 2.05) is 25.1 Å². The molecule has 7 nitrogen and oxygen atoms in total. The molecule has 7 heteroatoms. The summed E-state index contributed by atoms with van der Waals surface area (Å²) >= 11 is 0. The number of ether oxygens (including phenoxy) is 1. The van der Waals surface area contributed by atoms with Crippen LogP contribution in [0, 0.1) is 5.92 Å². The zero-order valence-electron chi connectivity index (χ0n) is 16.3. The highest BCUT2D eigenvalue weighted by molar-refractivity contribution is 5.89. The molecule has 2 heterocycles. The zero-order valence-corrected chi connectivity index (χ0v) is 16.3. The Balaban J connectivity index is 1.50. The molecule has 0 radical (unpaired) electrons. The van der Waals surface area contributed by atoms with Gasteiger partial charge in [0.25, 0.3) is 5.91 Å². The minimum absolute atomic E-state index is 0.159. The number of carbonyl (C=O) groups excluding carboxylic acids is 1. The molecule has 1 aliphatic heterocycles. The van der Waals surface area contributed by atoms with Gasteiger partial charge in [-0.1, -0.05) is 30.3 Å². The quantitative estimate of drug-likeness (QED) is 0.538. The predicted octanol–water partition coefficient (Wildman–Crippen LogP) is 2.38. The van der Waals surface area contributed by atoms with E-state index in [-0.39, 0.29) is 5.76 Å². The van der Waals surface area contributed by atoms with Crippen molar-refractivity contribution in [2.24, 2.45) is 16.6 Å². The first-order chi connectivity index (χ1) is 13.7. The number of rotatable bonds is 8. The first-order valence-electron chi connectivity index (χ1n) is 9.69. The van der Waals surface area contributed by atoms with Gasteiger partial charge in [-0.15, -0.1) is 0 Å². The largest absolute Gasteiger partial charge is 0.454 e. The number of likely N-dealkylation sites (tertiary alicyclic amines) is 1. The van der Waals surface area contributed by atoms with Gasteiger partial charge in [0.1, 0.15) is 12.3 Å². The second-order valence-corrected chi connectivity index (χ2v) is 6.90. The molecule has 3 rings (SSSR count). The van der Waals surface area contributed by atoms with Crippen molar-refractivity contribution in [2.45, 2.75) is 26.5 Å². The van der Waals surface area contributed by atoms with Crippen LogP contribution in [0.2, 0.25) is 0 Å². The highest BCUT2D eigenvalue weighted by Gasteiger charge is 2.25. The molecule has 1 aliphatic rings. The third kappa shape index (κ3) is 5.60. The molecular formula is C21H28N4O3. The Labute approximate surface area is 165 Å². The summed E-state index contributed by atoms with van der Waals surface area (Å²) in [6.45, 7) is 6.43. The van der Waals surface area contributed by atoms with E-state index in [9.17, 15) is 4.79 Å². The molecule has 3 N–H and O–H groups in total. The third-order valence-electron chi connectivity index (χ3n) is 4.67. The van der Waals surface area contributed by atoms with Crippen molar-refractivity contribution < 1.29 is 13.9 Å². The van der Waals surface area contributed by atoms with Crippen LogP contribution in [0.5, 0.6) is 0 Å². The minimum atomic E-state index is -0.569. The monoisotopic (exact) mass is 384 g/mol. The molecule has 0 saturated carbocycles. The fourth-order valence-corrected chi connectivity index (χ4v) is 3.25. The van der Waals surface area contributed by atoms with Crippen molar-refractivity contribution in [3.8, 4) is 0 Å². The number of amides is 1. The Bertz CT molecular complexity index is 788. The zero-order chi connectivity index (χ0) is 19.8. The molecule has 1 aromatic carbocycles. The predicted molar refractivity (Wildman–Crippen MR) is 108 cm³/mol. The van der Waals surface area contributed by atoms with Gasteiger partial charge in [0, 0.05) is 25.6 Å². The van der Waals surface area contributed by atoms with Crippen molar-refractivity contribution in [3.05, 3.63) is 59.5 Å². The second-order valence-electron chi connectivity index (χ2n) is 6.90. The SMILES string of the molecule is CCNC(=NCc1ccc(C(N)=O)o1)N1CCC(COCc2ccccc2)C1. The van der Waals surface area contributed by atoms with E-state index < -0.39 is 5.91 Å². The van der Waals surface area contributed by atoms with Crippen LogP contribution in [0.3, 0.4) is 0 Å². The molecule has 1 fully saturated rings. The maximum atomic E-state index is 11.1. The number of carbonyl (C=O) groups is 1. The minimum Gasteiger partial charge on any atom is -0.454 e. The normalized spacial score (nSPS) is 17.1. The first-order valence-corrected chi connectivity index (χ1v) is 9.69. The van der Waals surface area contributed by atoms with Crippen LogP contribution in [-0.4, -0.2) is 43.0 Å². The Morgan fingerprint density at radius 3 is 2.86 bits per heavy atom. The van der Waals surface area contributed by atoms with E-state index in [1.165, 1.54) is 5.56 Å². The van der Waals surface area contributed by atoms with Crippen molar-refractivity contribution in [3.63, 3.8) is 0 Å². The van der Waals surface area contributed by atoms with Crippen molar-refractivity contribution in [2.75, 3.05) is 26.2 Å². The molecule has 0 spiro atoms. The van der Waals surface area contributed by atoms with E-state index in [4.69, 9.17) is 14.9 Å². The molecule has 0 bridgehead atoms. The van der Waals surface area contributed by atoms with E-state index in [2.05, 4.69) is 27.3 Å². The first kappa shape index (κ1) is 19.9. The van der Waals surface area contributed by atoms with E-state index in [0.717, 1.165) is 38.6 Å². The van der Waals surface area contributed by atoms with Gasteiger partial charge in [-0.3, -0.25) is 4.79 Å². The molecule has 1 amide bonds. The number of guanidine groups is 1. The average Bonchev–Trinajstić information content (AvgIpc) is 3.36. The third-order valence-corrected chi connectivity index (χ3v) is 4.67. The molecule has 2 aromatic rings. The standard InChI is InChI=1S/C21H28N4O3/c1-2-23-21(24-12-18-8-9-19(28-18)20(22)26)25-11-10-17(13-25)15-27-14-16-6-4-3-5-7-16/h3-9,17H,2,10-15H2,1H3,(H2,22,26)(H,23,24). The number of hydrogen-bond donors (Lipinski definition) is 2. The Hall–Kier alpha value is -2.80. The fourth-order valence-electron chi connectivity index (χ4n) is 3.25. The van der Waals surface area contributed by atoms with E-state index in [0.29, 0.717) is 24.8 Å². The van der Waals surface area contributed by atoms with Gasteiger partial charge in [-0.05, 0) is 31.0 Å². The average molecular weight is 384 g/mol. The maximum absolute atomic E-state index is 11.1. The van der Waals surface area contributed by atoms with Gasteiger partial charge in [0.05, 0.1) is 13.2 Å². The van der Waals surface area contributed by atoms with Crippen LogP contribution in [0.1, 0.15) is 35.2 Å². The molecular weight excluding hydrogens is 356 g/mol. The van der Waals surface area contributed by atoms with Crippen molar-refractivity contribution >= 4 is 11.9 Å². The summed E-state index contributed by atoms with van der Waals surface area (Å²) in [4.78, 5) is 18.0. The van der Waals surface area contributed by atoms with Gasteiger partial charge in [0.15, 0.2) is 11.7 Å². The highest BCUT2D eigenvalue weighted by Crippen LogP contribution is 2.18. The Morgan fingerprint density at radius 2 is 2.14 bits per heavy atom. The lowest BCUT2D eigenvalue weighted by Gasteiger charge is -2.21. The number of furan rings is 1. The smallest absolute Gasteiger partial charge is 0.284 e. The summed E-state index contributed by atoms with van der Waals surface area (Å²) in [5, 5.41) is 3.33.